The van der Waals surface area contributed by atoms with Crippen molar-refractivity contribution < 1.29 is 14.3 Å². The molecule has 0 radical (unpaired) electrons. The van der Waals surface area contributed by atoms with Crippen LogP contribution in [0.2, 0.25) is 0 Å². The maximum absolute atomic E-state index is 12.5. The molecule has 5 nitrogen and oxygen atoms in total. The van der Waals surface area contributed by atoms with Crippen LogP contribution in [0.3, 0.4) is 0 Å². The highest BCUT2D eigenvalue weighted by molar-refractivity contribution is 6.00. The Bertz CT molecular complexity index is 922. The van der Waals surface area contributed by atoms with Crippen molar-refractivity contribution in [3.63, 3.8) is 0 Å². The van der Waals surface area contributed by atoms with Gasteiger partial charge in [0.1, 0.15) is 0 Å². The number of methoxy groups -OCH3 is 2. The van der Waals surface area contributed by atoms with Crippen LogP contribution in [0.4, 0.5) is 5.69 Å². The zero-order valence-corrected chi connectivity index (χ0v) is 14.5. The molecule has 0 spiro atoms. The van der Waals surface area contributed by atoms with E-state index in [0.29, 0.717) is 17.2 Å². The van der Waals surface area contributed by atoms with Crippen molar-refractivity contribution in [3.05, 3.63) is 59.8 Å². The Labute approximate surface area is 146 Å². The van der Waals surface area contributed by atoms with Gasteiger partial charge in [0.05, 0.1) is 31.8 Å². The number of ether oxygens (including phenoxy) is 2. The highest BCUT2D eigenvalue weighted by atomic mass is 16.5. The number of hydrogen-bond acceptors (Lipinski definition) is 4. The first kappa shape index (κ1) is 16.8. The van der Waals surface area contributed by atoms with Crippen LogP contribution in [-0.4, -0.2) is 25.1 Å². The number of carbonyl (C=O) groups is 1. The van der Waals surface area contributed by atoms with Crippen molar-refractivity contribution in [2.45, 2.75) is 13.3 Å². The number of nitrogens with one attached hydrogen (secondary N) is 1. The number of rotatable bonds is 5. The predicted octanol–water partition coefficient (Wildman–Crippen LogP) is 3.74. The molecule has 3 rings (SSSR count). The van der Waals surface area contributed by atoms with E-state index in [0.717, 1.165) is 22.2 Å². The number of hydrogen-bond donors (Lipinski definition) is 1. The molecule has 1 N–H and O–H groups in total. The summed E-state index contributed by atoms with van der Waals surface area (Å²) in [5.41, 5.74) is 3.27. The third kappa shape index (κ3) is 3.71. The molecular formula is C20H20N2O3. The quantitative estimate of drug-likeness (QED) is 0.771. The van der Waals surface area contributed by atoms with Crippen LogP contribution in [0.1, 0.15) is 11.3 Å². The maximum atomic E-state index is 12.5. The van der Waals surface area contributed by atoms with Gasteiger partial charge in [0.15, 0.2) is 11.5 Å². The number of fused-ring (bicyclic) bond motifs is 1. The monoisotopic (exact) mass is 336 g/mol. The van der Waals surface area contributed by atoms with Crippen LogP contribution >= 0.6 is 0 Å². The van der Waals surface area contributed by atoms with Crippen LogP contribution in [0.5, 0.6) is 11.5 Å². The number of aryl methyl sites for hydroxylation is 1. The Morgan fingerprint density at radius 1 is 1.04 bits per heavy atom. The number of anilines is 1. The van der Waals surface area contributed by atoms with E-state index >= 15 is 0 Å². The van der Waals surface area contributed by atoms with Gasteiger partial charge in [-0.15, -0.1) is 0 Å². The predicted molar refractivity (Wildman–Crippen MR) is 98.4 cm³/mol. The van der Waals surface area contributed by atoms with E-state index in [1.54, 1.807) is 20.3 Å². The maximum Gasteiger partial charge on any atom is 0.228 e. The number of carbonyl (C=O) groups excluding carboxylic acids is 1. The smallest absolute Gasteiger partial charge is 0.228 e. The second-order valence-corrected chi connectivity index (χ2v) is 5.74. The van der Waals surface area contributed by atoms with E-state index in [2.05, 4.69) is 10.3 Å². The minimum Gasteiger partial charge on any atom is -0.493 e. The van der Waals surface area contributed by atoms with Crippen molar-refractivity contribution in [1.82, 2.24) is 4.98 Å². The van der Waals surface area contributed by atoms with E-state index in [4.69, 9.17) is 9.47 Å². The lowest BCUT2D eigenvalue weighted by atomic mass is 10.1. The fraction of sp³-hybridized carbons (Fsp3) is 0.200. The molecule has 1 amide bonds. The second kappa shape index (κ2) is 7.21. The van der Waals surface area contributed by atoms with E-state index in [9.17, 15) is 4.79 Å². The molecule has 1 aromatic heterocycles. The summed E-state index contributed by atoms with van der Waals surface area (Å²) in [6.07, 6.45) is 0.239. The Morgan fingerprint density at radius 2 is 1.84 bits per heavy atom. The second-order valence-electron chi connectivity index (χ2n) is 5.74. The number of pyridine rings is 1. The van der Waals surface area contributed by atoms with Crippen LogP contribution < -0.4 is 14.8 Å². The zero-order valence-electron chi connectivity index (χ0n) is 14.5. The topological polar surface area (TPSA) is 60.5 Å². The van der Waals surface area contributed by atoms with Gasteiger partial charge in [-0.2, -0.15) is 0 Å². The third-order valence-electron chi connectivity index (χ3n) is 3.95. The first-order chi connectivity index (χ1) is 12.1. The fourth-order valence-corrected chi connectivity index (χ4v) is 2.72. The molecule has 0 fully saturated rings. The van der Waals surface area contributed by atoms with Gasteiger partial charge in [-0.25, -0.2) is 0 Å². The lowest BCUT2D eigenvalue weighted by Crippen LogP contribution is -2.15. The average Bonchev–Trinajstić information content (AvgIpc) is 2.62. The molecule has 0 aliphatic rings. The van der Waals surface area contributed by atoms with Crippen molar-refractivity contribution in [2.24, 2.45) is 0 Å². The molecule has 2 aromatic carbocycles. The molecule has 0 aliphatic carbocycles. The summed E-state index contributed by atoms with van der Waals surface area (Å²) >= 11 is 0. The van der Waals surface area contributed by atoms with E-state index in [1.807, 2.05) is 49.4 Å². The summed E-state index contributed by atoms with van der Waals surface area (Å²) in [7, 11) is 3.16. The van der Waals surface area contributed by atoms with Crippen molar-refractivity contribution in [2.75, 3.05) is 19.5 Å². The zero-order chi connectivity index (χ0) is 17.8. The Morgan fingerprint density at radius 3 is 2.60 bits per heavy atom. The summed E-state index contributed by atoms with van der Waals surface area (Å²) in [6.45, 7) is 1.93. The molecule has 5 heteroatoms. The van der Waals surface area contributed by atoms with Gasteiger partial charge in [-0.1, -0.05) is 24.3 Å². The van der Waals surface area contributed by atoms with Gasteiger partial charge in [-0.05, 0) is 36.8 Å². The lowest BCUT2D eigenvalue weighted by Gasteiger charge is -2.11. The summed E-state index contributed by atoms with van der Waals surface area (Å²) < 4.78 is 10.5. The normalized spacial score (nSPS) is 10.5. The summed E-state index contributed by atoms with van der Waals surface area (Å²) in [5, 5.41) is 3.95. The van der Waals surface area contributed by atoms with Crippen LogP contribution in [-0.2, 0) is 11.2 Å². The van der Waals surface area contributed by atoms with Gasteiger partial charge in [-0.3, -0.25) is 9.78 Å². The van der Waals surface area contributed by atoms with Crippen LogP contribution in [0, 0.1) is 6.92 Å². The molecule has 25 heavy (non-hydrogen) atoms. The highest BCUT2D eigenvalue weighted by Crippen LogP contribution is 2.28. The largest absolute Gasteiger partial charge is 0.493 e. The van der Waals surface area contributed by atoms with E-state index < -0.39 is 0 Å². The number of amides is 1. The third-order valence-corrected chi connectivity index (χ3v) is 3.95. The van der Waals surface area contributed by atoms with Crippen molar-refractivity contribution in [1.29, 1.82) is 0 Å². The van der Waals surface area contributed by atoms with Gasteiger partial charge in [0.25, 0.3) is 0 Å². The molecule has 0 bridgehead atoms. The number of para-hydroxylation sites is 1. The number of benzene rings is 2. The molecule has 3 aromatic rings. The molecule has 0 unspecified atom stereocenters. The van der Waals surface area contributed by atoms with Crippen LogP contribution in [0.25, 0.3) is 10.9 Å². The van der Waals surface area contributed by atoms with Gasteiger partial charge < -0.3 is 14.8 Å². The number of nitrogens with zero attached hydrogens (tertiary/aromatic N) is 1. The Balaban J connectivity index is 1.80. The van der Waals surface area contributed by atoms with E-state index in [1.165, 1.54) is 0 Å². The lowest BCUT2D eigenvalue weighted by molar-refractivity contribution is -0.115. The average molecular weight is 336 g/mol. The van der Waals surface area contributed by atoms with Gasteiger partial charge in [0, 0.05) is 11.1 Å². The SMILES string of the molecule is COc1ccc(CC(=O)Nc2cccc3ccc(C)nc23)cc1OC. The highest BCUT2D eigenvalue weighted by Gasteiger charge is 2.10. The molecular weight excluding hydrogens is 316 g/mol. The molecule has 128 valence electrons. The summed E-state index contributed by atoms with van der Waals surface area (Å²) in [4.78, 5) is 17.0. The molecule has 0 saturated carbocycles. The van der Waals surface area contributed by atoms with Gasteiger partial charge >= 0.3 is 0 Å². The van der Waals surface area contributed by atoms with Crippen molar-refractivity contribution in [3.8, 4) is 11.5 Å². The number of aromatic nitrogens is 1. The first-order valence-electron chi connectivity index (χ1n) is 7.98. The van der Waals surface area contributed by atoms with Crippen molar-refractivity contribution >= 4 is 22.5 Å². The molecule has 0 aliphatic heterocycles. The molecule has 0 saturated heterocycles. The van der Waals surface area contributed by atoms with Gasteiger partial charge in [0.2, 0.25) is 5.91 Å². The summed E-state index contributed by atoms with van der Waals surface area (Å²) in [5.74, 6) is 1.14. The molecule has 1 heterocycles. The minimum absolute atomic E-state index is 0.108. The minimum atomic E-state index is -0.108. The Hall–Kier alpha value is -3.08. The Kier molecular flexibility index (Phi) is 4.84. The first-order valence-corrected chi connectivity index (χ1v) is 7.98. The standard InChI is InChI=1S/C20H20N2O3/c1-13-7-9-15-5-4-6-16(20(15)21-13)22-19(23)12-14-8-10-17(24-2)18(11-14)25-3/h4-11H,12H2,1-3H3,(H,22,23). The fourth-order valence-electron chi connectivity index (χ4n) is 2.72. The van der Waals surface area contributed by atoms with E-state index in [-0.39, 0.29) is 12.3 Å². The molecule has 0 atom stereocenters. The van der Waals surface area contributed by atoms with Crippen LogP contribution in [0.15, 0.2) is 48.5 Å². The summed E-state index contributed by atoms with van der Waals surface area (Å²) in [6, 6.07) is 15.2.